The van der Waals surface area contributed by atoms with Crippen molar-refractivity contribution in [3.05, 3.63) is 71.6 Å². The van der Waals surface area contributed by atoms with Crippen LogP contribution in [0, 0.1) is 13.8 Å². The Morgan fingerprint density at radius 2 is 1.71 bits per heavy atom. The van der Waals surface area contributed by atoms with Crippen molar-refractivity contribution in [2.24, 2.45) is 10.2 Å². The van der Waals surface area contributed by atoms with Crippen LogP contribution in [0.1, 0.15) is 17.0 Å². The van der Waals surface area contributed by atoms with Crippen molar-refractivity contribution < 1.29 is 18.8 Å². The van der Waals surface area contributed by atoms with Crippen molar-refractivity contribution in [1.29, 1.82) is 0 Å². The Hall–Kier alpha value is -3.46. The summed E-state index contributed by atoms with van der Waals surface area (Å²) in [6.07, 6.45) is 0. The second-order valence-electron chi connectivity index (χ2n) is 6.59. The molecule has 2 aromatic carbocycles. The lowest BCUT2D eigenvalue weighted by Crippen LogP contribution is -2.21. The van der Waals surface area contributed by atoms with Crippen molar-refractivity contribution in [3.63, 3.8) is 0 Å². The Bertz CT molecular complexity index is 1030. The van der Waals surface area contributed by atoms with Crippen LogP contribution < -0.4 is 5.32 Å². The van der Waals surface area contributed by atoms with E-state index in [4.69, 9.17) is 9.26 Å². The van der Waals surface area contributed by atoms with Crippen LogP contribution in [0.3, 0.4) is 0 Å². The zero-order chi connectivity index (χ0) is 22.1. The Kier molecular flexibility index (Phi) is 7.94. The summed E-state index contributed by atoms with van der Waals surface area (Å²) in [5, 5.41) is 14.8. The first-order valence-electron chi connectivity index (χ1n) is 9.53. The number of carbonyl (C=O) groups is 2. The molecule has 0 spiro atoms. The lowest BCUT2D eigenvalue weighted by atomic mass is 10.2. The molecule has 3 rings (SSSR count). The van der Waals surface area contributed by atoms with E-state index in [0.717, 1.165) is 22.7 Å². The number of anilines is 1. The highest BCUT2D eigenvalue weighted by atomic mass is 32.2. The molecule has 1 N–H and O–H groups in total. The van der Waals surface area contributed by atoms with E-state index in [2.05, 4.69) is 20.7 Å². The first-order chi connectivity index (χ1) is 15.0. The van der Waals surface area contributed by atoms with Gasteiger partial charge >= 0.3 is 5.97 Å². The highest BCUT2D eigenvalue weighted by Gasteiger charge is 2.12. The molecule has 0 saturated carbocycles. The molecule has 1 heterocycles. The summed E-state index contributed by atoms with van der Waals surface area (Å²) in [6.45, 7) is 3.34. The molecule has 3 aromatic rings. The summed E-state index contributed by atoms with van der Waals surface area (Å²) in [4.78, 5) is 23.9. The van der Waals surface area contributed by atoms with Crippen LogP contribution in [0.2, 0.25) is 0 Å². The number of rotatable bonds is 9. The molecule has 0 unspecified atom stereocenters. The van der Waals surface area contributed by atoms with Crippen LogP contribution in [-0.2, 0) is 20.1 Å². The topological polar surface area (TPSA) is 106 Å². The fraction of sp³-hybridized carbons (Fsp3) is 0.227. The Morgan fingerprint density at radius 3 is 2.35 bits per heavy atom. The van der Waals surface area contributed by atoms with Gasteiger partial charge in [-0.2, -0.15) is 10.2 Å². The minimum atomic E-state index is -0.455. The number of hydrogen-bond donors (Lipinski definition) is 1. The molecule has 0 saturated heterocycles. The van der Waals surface area contributed by atoms with Gasteiger partial charge in [-0.3, -0.25) is 9.59 Å². The maximum absolute atomic E-state index is 12.0. The summed E-state index contributed by atoms with van der Waals surface area (Å²) < 4.78 is 10.1. The second kappa shape index (κ2) is 11.1. The third-order valence-corrected chi connectivity index (χ3v) is 5.13. The molecule has 1 amide bonds. The smallest absolute Gasteiger partial charge is 0.316 e. The molecule has 9 heteroatoms. The monoisotopic (exact) mass is 438 g/mol. The third-order valence-electron chi connectivity index (χ3n) is 4.20. The number of nitrogens with zero attached hydrogens (tertiary/aromatic N) is 3. The zero-order valence-corrected chi connectivity index (χ0v) is 18.0. The molecule has 0 atom stereocenters. The maximum atomic E-state index is 12.0. The lowest BCUT2D eigenvalue weighted by Gasteiger charge is -2.07. The van der Waals surface area contributed by atoms with Gasteiger partial charge in [0.25, 0.3) is 5.91 Å². The van der Waals surface area contributed by atoms with E-state index in [0.29, 0.717) is 17.1 Å². The average Bonchev–Trinajstić information content (AvgIpc) is 3.10. The Morgan fingerprint density at radius 1 is 1.03 bits per heavy atom. The second-order valence-corrected chi connectivity index (χ2v) is 7.57. The molecule has 0 aliphatic rings. The van der Waals surface area contributed by atoms with Crippen molar-refractivity contribution >= 4 is 40.7 Å². The number of esters is 1. The molecule has 0 fully saturated rings. The molecule has 31 heavy (non-hydrogen) atoms. The van der Waals surface area contributed by atoms with Crippen LogP contribution >= 0.6 is 11.8 Å². The van der Waals surface area contributed by atoms with Gasteiger partial charge in [0.05, 0.1) is 22.8 Å². The maximum Gasteiger partial charge on any atom is 0.316 e. The number of aromatic nitrogens is 1. The number of benzene rings is 2. The van der Waals surface area contributed by atoms with Crippen molar-refractivity contribution in [3.8, 4) is 0 Å². The summed E-state index contributed by atoms with van der Waals surface area (Å²) in [5.41, 5.74) is 3.77. The van der Waals surface area contributed by atoms with E-state index in [-0.39, 0.29) is 12.4 Å². The Balaban J connectivity index is 1.38. The SMILES string of the molecule is Cc1noc(C)c1CSCC(=O)OCC(=O)Nc1ccc(N=Nc2ccccc2)cc1. The minimum absolute atomic E-state index is 0.137. The average molecular weight is 439 g/mol. The van der Waals surface area contributed by atoms with E-state index in [1.807, 2.05) is 44.2 Å². The fourth-order valence-electron chi connectivity index (χ4n) is 2.55. The largest absolute Gasteiger partial charge is 0.455 e. The van der Waals surface area contributed by atoms with Crippen molar-refractivity contribution in [2.45, 2.75) is 19.6 Å². The molecular formula is C22H22N4O4S. The number of hydrogen-bond acceptors (Lipinski definition) is 8. The number of ether oxygens (including phenoxy) is 1. The summed E-state index contributed by atoms with van der Waals surface area (Å²) in [5.74, 6) is 0.603. The van der Waals surface area contributed by atoms with Gasteiger partial charge < -0.3 is 14.6 Å². The third kappa shape index (κ3) is 7.07. The highest BCUT2D eigenvalue weighted by molar-refractivity contribution is 7.99. The predicted octanol–water partition coefficient (Wildman–Crippen LogP) is 5.12. The molecule has 160 valence electrons. The summed E-state index contributed by atoms with van der Waals surface area (Å²) >= 11 is 1.38. The van der Waals surface area contributed by atoms with Gasteiger partial charge in [0.2, 0.25) is 0 Å². The molecule has 0 aliphatic heterocycles. The number of aryl methyl sites for hydroxylation is 2. The van der Waals surface area contributed by atoms with Gasteiger partial charge in [0.1, 0.15) is 5.76 Å². The molecular weight excluding hydrogens is 416 g/mol. The minimum Gasteiger partial charge on any atom is -0.455 e. The first-order valence-corrected chi connectivity index (χ1v) is 10.7. The molecule has 0 bridgehead atoms. The molecule has 0 radical (unpaired) electrons. The lowest BCUT2D eigenvalue weighted by molar-refractivity contribution is -0.144. The molecule has 8 nitrogen and oxygen atoms in total. The zero-order valence-electron chi connectivity index (χ0n) is 17.2. The Labute approximate surface area is 184 Å². The summed E-state index contributed by atoms with van der Waals surface area (Å²) in [7, 11) is 0. The van der Waals surface area contributed by atoms with Gasteiger partial charge in [0.15, 0.2) is 6.61 Å². The fourth-order valence-corrected chi connectivity index (χ4v) is 3.52. The van der Waals surface area contributed by atoms with Gasteiger partial charge in [-0.05, 0) is 50.2 Å². The standard InChI is InChI=1S/C22H22N4O4S/c1-15-20(16(2)30-26-15)13-31-14-22(28)29-12-21(27)23-17-8-10-19(11-9-17)25-24-18-6-4-3-5-7-18/h3-11H,12-14H2,1-2H3,(H,23,27). The van der Waals surface area contributed by atoms with Crippen LogP contribution in [0.5, 0.6) is 0 Å². The number of amides is 1. The number of carbonyl (C=O) groups excluding carboxylic acids is 2. The van der Waals surface area contributed by atoms with Gasteiger partial charge in [0, 0.05) is 17.0 Å². The van der Waals surface area contributed by atoms with E-state index < -0.39 is 11.9 Å². The van der Waals surface area contributed by atoms with E-state index in [1.54, 1.807) is 24.3 Å². The van der Waals surface area contributed by atoms with Crippen LogP contribution in [0.15, 0.2) is 69.3 Å². The number of azo groups is 1. The van der Waals surface area contributed by atoms with E-state index in [1.165, 1.54) is 11.8 Å². The van der Waals surface area contributed by atoms with Crippen LogP contribution in [0.25, 0.3) is 0 Å². The van der Waals surface area contributed by atoms with E-state index >= 15 is 0 Å². The quantitative estimate of drug-likeness (QED) is 0.367. The van der Waals surface area contributed by atoms with E-state index in [9.17, 15) is 9.59 Å². The van der Waals surface area contributed by atoms with Crippen LogP contribution in [0.4, 0.5) is 17.1 Å². The van der Waals surface area contributed by atoms with Crippen LogP contribution in [-0.4, -0.2) is 29.4 Å². The molecule has 1 aromatic heterocycles. The molecule has 0 aliphatic carbocycles. The van der Waals surface area contributed by atoms with Gasteiger partial charge in [-0.1, -0.05) is 23.4 Å². The number of nitrogens with one attached hydrogen (secondary N) is 1. The predicted molar refractivity (Wildman–Crippen MR) is 119 cm³/mol. The summed E-state index contributed by atoms with van der Waals surface area (Å²) in [6, 6.07) is 16.3. The van der Waals surface area contributed by atoms with Crippen molar-refractivity contribution in [2.75, 3.05) is 17.7 Å². The van der Waals surface area contributed by atoms with Gasteiger partial charge in [-0.25, -0.2) is 0 Å². The first kappa shape index (κ1) is 22.2. The van der Waals surface area contributed by atoms with Crippen molar-refractivity contribution in [1.82, 2.24) is 5.16 Å². The van der Waals surface area contributed by atoms with Gasteiger partial charge in [-0.15, -0.1) is 11.8 Å². The number of thioether (sulfide) groups is 1. The normalized spacial score (nSPS) is 10.9. The highest BCUT2D eigenvalue weighted by Crippen LogP contribution is 2.21.